The molecule has 104 valence electrons. The van der Waals surface area contributed by atoms with Crippen molar-refractivity contribution in [3.05, 3.63) is 59.4 Å². The van der Waals surface area contributed by atoms with E-state index in [9.17, 15) is 14.6 Å². The summed E-state index contributed by atoms with van der Waals surface area (Å²) in [5.74, 6) is -1.79. The van der Waals surface area contributed by atoms with E-state index in [1.54, 1.807) is 12.1 Å². The van der Waals surface area contributed by atoms with E-state index in [1.807, 2.05) is 0 Å². The predicted octanol–water partition coefficient (Wildman–Crippen LogP) is 2.48. The second-order valence-electron chi connectivity index (χ2n) is 4.56. The third kappa shape index (κ3) is 2.11. The van der Waals surface area contributed by atoms with Crippen LogP contribution < -0.4 is 0 Å². The first kappa shape index (κ1) is 12.9. The van der Waals surface area contributed by atoms with Gasteiger partial charge in [-0.15, -0.1) is 0 Å². The van der Waals surface area contributed by atoms with Crippen LogP contribution in [0.1, 0.15) is 11.1 Å². The molecule has 0 atom stereocenters. The zero-order valence-corrected chi connectivity index (χ0v) is 10.5. The SMILES string of the molecule is Oc1cc(O)cc(C2(c3ccc(F)cc3)OCCO2)c1. The summed E-state index contributed by atoms with van der Waals surface area (Å²) >= 11 is 0. The van der Waals surface area contributed by atoms with E-state index < -0.39 is 5.79 Å². The molecular formula is C15H13FO4. The molecule has 0 spiro atoms. The van der Waals surface area contributed by atoms with Gasteiger partial charge in [-0.3, -0.25) is 0 Å². The number of hydrogen-bond donors (Lipinski definition) is 2. The molecule has 0 unspecified atom stereocenters. The molecule has 2 N–H and O–H groups in total. The van der Waals surface area contributed by atoms with Gasteiger partial charge in [0.15, 0.2) is 0 Å². The van der Waals surface area contributed by atoms with Crippen molar-refractivity contribution in [1.29, 1.82) is 0 Å². The Kier molecular flexibility index (Phi) is 3.08. The van der Waals surface area contributed by atoms with Gasteiger partial charge in [0.1, 0.15) is 17.3 Å². The highest BCUT2D eigenvalue weighted by Gasteiger charge is 2.41. The van der Waals surface area contributed by atoms with Crippen molar-refractivity contribution in [3.8, 4) is 11.5 Å². The molecule has 0 aromatic heterocycles. The number of ether oxygens (including phenoxy) is 2. The molecule has 20 heavy (non-hydrogen) atoms. The summed E-state index contributed by atoms with van der Waals surface area (Å²) in [5.41, 5.74) is 1.06. The first-order valence-corrected chi connectivity index (χ1v) is 6.18. The van der Waals surface area contributed by atoms with Crippen LogP contribution in [0.15, 0.2) is 42.5 Å². The monoisotopic (exact) mass is 276 g/mol. The fourth-order valence-electron chi connectivity index (χ4n) is 2.37. The minimum Gasteiger partial charge on any atom is -0.508 e. The van der Waals surface area contributed by atoms with Crippen molar-refractivity contribution < 1.29 is 24.1 Å². The molecule has 3 rings (SSSR count). The maximum absolute atomic E-state index is 13.1. The maximum atomic E-state index is 13.1. The van der Waals surface area contributed by atoms with Crippen molar-refractivity contribution in [3.63, 3.8) is 0 Å². The Morgan fingerprint density at radius 1 is 0.850 bits per heavy atom. The van der Waals surface area contributed by atoms with Gasteiger partial charge in [0, 0.05) is 17.2 Å². The third-order valence-corrected chi connectivity index (χ3v) is 3.20. The van der Waals surface area contributed by atoms with Crippen molar-refractivity contribution in [2.75, 3.05) is 13.2 Å². The van der Waals surface area contributed by atoms with Crippen LogP contribution >= 0.6 is 0 Å². The average Bonchev–Trinajstić information content (AvgIpc) is 2.89. The first-order valence-electron chi connectivity index (χ1n) is 6.18. The summed E-state index contributed by atoms with van der Waals surface area (Å²) in [6.45, 7) is 0.738. The van der Waals surface area contributed by atoms with Crippen molar-refractivity contribution in [1.82, 2.24) is 0 Å². The van der Waals surface area contributed by atoms with E-state index in [0.717, 1.165) is 0 Å². The number of halogens is 1. The molecule has 1 aliphatic rings. The summed E-state index contributed by atoms with van der Waals surface area (Å²) in [5, 5.41) is 19.3. The lowest BCUT2D eigenvalue weighted by Crippen LogP contribution is -2.28. The normalized spacial score (nSPS) is 17.2. The Morgan fingerprint density at radius 2 is 1.40 bits per heavy atom. The van der Waals surface area contributed by atoms with Crippen LogP contribution in [0.3, 0.4) is 0 Å². The second kappa shape index (κ2) is 4.77. The molecule has 1 saturated heterocycles. The molecule has 0 radical (unpaired) electrons. The quantitative estimate of drug-likeness (QED) is 0.884. The number of phenolic OH excluding ortho intramolecular Hbond substituents is 2. The molecule has 0 amide bonds. The molecule has 0 saturated carbocycles. The molecule has 1 aliphatic heterocycles. The van der Waals surface area contributed by atoms with Crippen molar-refractivity contribution in [2.45, 2.75) is 5.79 Å². The van der Waals surface area contributed by atoms with Crippen molar-refractivity contribution in [2.24, 2.45) is 0 Å². The fraction of sp³-hybridized carbons (Fsp3) is 0.200. The van der Waals surface area contributed by atoms with E-state index in [0.29, 0.717) is 24.3 Å². The molecule has 2 aromatic rings. The van der Waals surface area contributed by atoms with E-state index in [4.69, 9.17) is 9.47 Å². The molecule has 1 heterocycles. The number of rotatable bonds is 2. The van der Waals surface area contributed by atoms with Crippen LogP contribution in [0.4, 0.5) is 4.39 Å². The lowest BCUT2D eigenvalue weighted by atomic mass is 9.96. The molecule has 1 fully saturated rings. The van der Waals surface area contributed by atoms with E-state index >= 15 is 0 Å². The lowest BCUT2D eigenvalue weighted by molar-refractivity contribution is -0.130. The topological polar surface area (TPSA) is 58.9 Å². The highest BCUT2D eigenvalue weighted by Crippen LogP contribution is 2.40. The van der Waals surface area contributed by atoms with Crippen molar-refractivity contribution >= 4 is 0 Å². The van der Waals surface area contributed by atoms with Gasteiger partial charge < -0.3 is 19.7 Å². The maximum Gasteiger partial charge on any atom is 0.222 e. The Labute approximate surface area is 115 Å². The standard InChI is InChI=1S/C15H13FO4/c16-12-3-1-10(2-4-12)15(19-5-6-20-15)11-7-13(17)9-14(18)8-11/h1-4,7-9,17-18H,5-6H2. The van der Waals surface area contributed by atoms with Crippen LogP contribution in [-0.4, -0.2) is 23.4 Å². The van der Waals surface area contributed by atoms with Gasteiger partial charge in [-0.25, -0.2) is 4.39 Å². The zero-order chi connectivity index (χ0) is 14.2. The molecule has 0 aliphatic carbocycles. The van der Waals surface area contributed by atoms with E-state index in [1.165, 1.54) is 30.3 Å². The highest BCUT2D eigenvalue weighted by atomic mass is 19.1. The van der Waals surface area contributed by atoms with Gasteiger partial charge >= 0.3 is 0 Å². The Morgan fingerprint density at radius 3 is 1.95 bits per heavy atom. The Balaban J connectivity index is 2.14. The molecule has 0 bridgehead atoms. The van der Waals surface area contributed by atoms with Crippen LogP contribution in [0.2, 0.25) is 0 Å². The number of hydrogen-bond acceptors (Lipinski definition) is 4. The van der Waals surface area contributed by atoms with Gasteiger partial charge in [-0.05, 0) is 24.3 Å². The van der Waals surface area contributed by atoms with Gasteiger partial charge in [-0.1, -0.05) is 12.1 Å². The van der Waals surface area contributed by atoms with E-state index in [-0.39, 0.29) is 17.3 Å². The van der Waals surface area contributed by atoms with Crippen LogP contribution in [-0.2, 0) is 15.3 Å². The molecular weight excluding hydrogens is 263 g/mol. The summed E-state index contributed by atoms with van der Waals surface area (Å²) in [7, 11) is 0. The molecule has 2 aromatic carbocycles. The fourth-order valence-corrected chi connectivity index (χ4v) is 2.37. The zero-order valence-electron chi connectivity index (χ0n) is 10.5. The van der Waals surface area contributed by atoms with Crippen LogP contribution in [0.25, 0.3) is 0 Å². The summed E-state index contributed by atoms with van der Waals surface area (Å²) in [6, 6.07) is 9.86. The lowest BCUT2D eigenvalue weighted by Gasteiger charge is -2.28. The third-order valence-electron chi connectivity index (χ3n) is 3.20. The smallest absolute Gasteiger partial charge is 0.222 e. The number of aromatic hydroxyl groups is 2. The number of benzene rings is 2. The Bertz CT molecular complexity index is 598. The predicted molar refractivity (Wildman–Crippen MR) is 68.9 cm³/mol. The highest BCUT2D eigenvalue weighted by molar-refractivity contribution is 5.43. The summed E-state index contributed by atoms with van der Waals surface area (Å²) < 4.78 is 24.5. The van der Waals surface area contributed by atoms with Crippen LogP contribution in [0.5, 0.6) is 11.5 Å². The first-order chi connectivity index (χ1) is 9.60. The van der Waals surface area contributed by atoms with Gasteiger partial charge in [-0.2, -0.15) is 0 Å². The summed E-state index contributed by atoms with van der Waals surface area (Å²) in [4.78, 5) is 0. The largest absolute Gasteiger partial charge is 0.508 e. The second-order valence-corrected chi connectivity index (χ2v) is 4.56. The summed E-state index contributed by atoms with van der Waals surface area (Å²) in [6.07, 6.45) is 0. The Hall–Kier alpha value is -2.11. The minimum absolute atomic E-state index is 0.0967. The molecule has 4 nitrogen and oxygen atoms in total. The van der Waals surface area contributed by atoms with E-state index in [2.05, 4.69) is 0 Å². The minimum atomic E-state index is -1.23. The number of phenols is 2. The van der Waals surface area contributed by atoms with Gasteiger partial charge in [0.2, 0.25) is 5.79 Å². The average molecular weight is 276 g/mol. The van der Waals surface area contributed by atoms with Gasteiger partial charge in [0.25, 0.3) is 0 Å². The molecule has 5 heteroatoms. The van der Waals surface area contributed by atoms with Gasteiger partial charge in [0.05, 0.1) is 13.2 Å². The van der Waals surface area contributed by atoms with Crippen LogP contribution in [0, 0.1) is 5.82 Å².